The Kier molecular flexibility index (Phi) is 3.34. The average molecular weight is 177 g/mol. The van der Waals surface area contributed by atoms with Crippen molar-refractivity contribution < 1.29 is 0 Å². The molecule has 70 valence electrons. The van der Waals surface area contributed by atoms with E-state index in [-0.39, 0.29) is 0 Å². The number of rotatable bonds is 4. The standard InChI is InChI=1S/C10H15N3/c1-2-3-13-7-8-4-9(11)6-10(12)5-8/h2,4-6,13H,1,3,7,11-12H2. The fourth-order valence-corrected chi connectivity index (χ4v) is 1.17. The van der Waals surface area contributed by atoms with Crippen molar-refractivity contribution >= 4 is 11.4 Å². The first-order valence-corrected chi connectivity index (χ1v) is 4.19. The monoisotopic (exact) mass is 177 g/mol. The van der Waals surface area contributed by atoms with Gasteiger partial charge >= 0.3 is 0 Å². The number of nitrogens with one attached hydrogen (secondary N) is 1. The van der Waals surface area contributed by atoms with Gasteiger partial charge in [-0.25, -0.2) is 0 Å². The summed E-state index contributed by atoms with van der Waals surface area (Å²) in [6.45, 7) is 5.17. The summed E-state index contributed by atoms with van der Waals surface area (Å²) >= 11 is 0. The van der Waals surface area contributed by atoms with Gasteiger partial charge < -0.3 is 16.8 Å². The number of nitrogens with two attached hydrogens (primary N) is 2. The Balaban J connectivity index is 2.60. The molecule has 0 aromatic heterocycles. The fraction of sp³-hybridized carbons (Fsp3) is 0.200. The third-order valence-corrected chi connectivity index (χ3v) is 1.66. The van der Waals surface area contributed by atoms with E-state index in [9.17, 15) is 0 Å². The van der Waals surface area contributed by atoms with E-state index in [1.54, 1.807) is 6.07 Å². The highest BCUT2D eigenvalue weighted by Gasteiger charge is 1.95. The first-order valence-electron chi connectivity index (χ1n) is 4.19. The van der Waals surface area contributed by atoms with E-state index in [1.165, 1.54) is 0 Å². The third kappa shape index (κ3) is 3.17. The highest BCUT2D eigenvalue weighted by molar-refractivity contribution is 5.54. The Morgan fingerprint density at radius 1 is 1.23 bits per heavy atom. The number of nitrogen functional groups attached to an aromatic ring is 2. The number of hydrogen-bond donors (Lipinski definition) is 3. The Labute approximate surface area is 78.4 Å². The van der Waals surface area contributed by atoms with Gasteiger partial charge in [-0.15, -0.1) is 6.58 Å². The Bertz CT molecular complexity index is 274. The van der Waals surface area contributed by atoms with Crippen molar-refractivity contribution in [3.8, 4) is 0 Å². The van der Waals surface area contributed by atoms with E-state index in [0.29, 0.717) is 11.4 Å². The summed E-state index contributed by atoms with van der Waals surface area (Å²) in [5.74, 6) is 0. The normalized spacial score (nSPS) is 9.85. The number of anilines is 2. The van der Waals surface area contributed by atoms with Crippen LogP contribution in [0.4, 0.5) is 11.4 Å². The number of benzene rings is 1. The van der Waals surface area contributed by atoms with E-state index >= 15 is 0 Å². The van der Waals surface area contributed by atoms with Crippen LogP contribution in [-0.2, 0) is 6.54 Å². The van der Waals surface area contributed by atoms with Crippen LogP contribution in [0.3, 0.4) is 0 Å². The van der Waals surface area contributed by atoms with E-state index in [1.807, 2.05) is 18.2 Å². The lowest BCUT2D eigenvalue weighted by Crippen LogP contribution is -2.12. The van der Waals surface area contributed by atoms with Crippen molar-refractivity contribution in [2.75, 3.05) is 18.0 Å². The molecular formula is C10H15N3. The van der Waals surface area contributed by atoms with Gasteiger partial charge in [0.25, 0.3) is 0 Å². The summed E-state index contributed by atoms with van der Waals surface area (Å²) in [6, 6.07) is 5.57. The molecule has 0 atom stereocenters. The molecule has 0 bridgehead atoms. The maximum Gasteiger partial charge on any atom is 0.0337 e. The highest BCUT2D eigenvalue weighted by atomic mass is 14.8. The van der Waals surface area contributed by atoms with Crippen LogP contribution in [0, 0.1) is 0 Å². The van der Waals surface area contributed by atoms with E-state index in [4.69, 9.17) is 11.5 Å². The van der Waals surface area contributed by atoms with Crippen LogP contribution < -0.4 is 16.8 Å². The van der Waals surface area contributed by atoms with Crippen molar-refractivity contribution in [3.63, 3.8) is 0 Å². The molecule has 0 heterocycles. The smallest absolute Gasteiger partial charge is 0.0337 e. The summed E-state index contributed by atoms with van der Waals surface area (Å²) in [5, 5.41) is 3.18. The summed E-state index contributed by atoms with van der Waals surface area (Å²) in [5.41, 5.74) is 13.8. The Hall–Kier alpha value is -1.48. The zero-order valence-corrected chi connectivity index (χ0v) is 7.59. The van der Waals surface area contributed by atoms with E-state index in [2.05, 4.69) is 11.9 Å². The van der Waals surface area contributed by atoms with Gasteiger partial charge in [0.05, 0.1) is 0 Å². The third-order valence-electron chi connectivity index (χ3n) is 1.66. The fourth-order valence-electron chi connectivity index (χ4n) is 1.17. The zero-order valence-electron chi connectivity index (χ0n) is 7.59. The first-order chi connectivity index (χ1) is 6.22. The number of hydrogen-bond acceptors (Lipinski definition) is 3. The first kappa shape index (κ1) is 9.61. The minimum absolute atomic E-state index is 0.704. The second kappa shape index (κ2) is 4.52. The van der Waals surface area contributed by atoms with Crippen molar-refractivity contribution in [3.05, 3.63) is 36.4 Å². The molecule has 0 aliphatic heterocycles. The molecule has 0 amide bonds. The predicted octanol–water partition coefficient (Wildman–Crippen LogP) is 1.13. The lowest BCUT2D eigenvalue weighted by Gasteiger charge is -2.04. The quantitative estimate of drug-likeness (QED) is 0.367. The van der Waals surface area contributed by atoms with Crippen LogP contribution in [-0.4, -0.2) is 6.54 Å². The molecule has 3 nitrogen and oxygen atoms in total. The van der Waals surface area contributed by atoms with Crippen LogP contribution in [0.15, 0.2) is 30.9 Å². The molecule has 1 aromatic rings. The van der Waals surface area contributed by atoms with Crippen molar-refractivity contribution in [2.24, 2.45) is 0 Å². The zero-order chi connectivity index (χ0) is 9.68. The van der Waals surface area contributed by atoms with Gasteiger partial charge in [-0.05, 0) is 23.8 Å². The second-order valence-corrected chi connectivity index (χ2v) is 2.93. The molecule has 5 N–H and O–H groups in total. The molecule has 0 aliphatic carbocycles. The Morgan fingerprint density at radius 2 is 1.85 bits per heavy atom. The van der Waals surface area contributed by atoms with Crippen molar-refractivity contribution in [1.29, 1.82) is 0 Å². The highest BCUT2D eigenvalue weighted by Crippen LogP contribution is 2.12. The minimum Gasteiger partial charge on any atom is -0.399 e. The molecule has 0 radical (unpaired) electrons. The predicted molar refractivity (Wildman–Crippen MR) is 57.2 cm³/mol. The molecule has 1 aromatic carbocycles. The molecular weight excluding hydrogens is 162 g/mol. The molecule has 0 saturated heterocycles. The molecule has 13 heavy (non-hydrogen) atoms. The Morgan fingerprint density at radius 3 is 2.38 bits per heavy atom. The summed E-state index contributed by atoms with van der Waals surface area (Å²) < 4.78 is 0. The topological polar surface area (TPSA) is 64.1 Å². The summed E-state index contributed by atoms with van der Waals surface area (Å²) in [4.78, 5) is 0. The van der Waals surface area contributed by atoms with Crippen LogP contribution in [0.25, 0.3) is 0 Å². The lowest BCUT2D eigenvalue weighted by molar-refractivity contribution is 0.761. The van der Waals surface area contributed by atoms with Gasteiger partial charge in [0, 0.05) is 24.5 Å². The average Bonchev–Trinajstić information content (AvgIpc) is 2.03. The lowest BCUT2D eigenvalue weighted by atomic mass is 10.2. The molecule has 0 aliphatic rings. The molecule has 0 spiro atoms. The molecule has 0 unspecified atom stereocenters. The minimum atomic E-state index is 0.704. The van der Waals surface area contributed by atoms with E-state index < -0.39 is 0 Å². The van der Waals surface area contributed by atoms with Crippen LogP contribution in [0.1, 0.15) is 5.56 Å². The maximum absolute atomic E-state index is 5.64. The van der Waals surface area contributed by atoms with Crippen LogP contribution in [0.5, 0.6) is 0 Å². The molecule has 0 fully saturated rings. The summed E-state index contributed by atoms with van der Waals surface area (Å²) in [6.07, 6.45) is 1.82. The summed E-state index contributed by atoms with van der Waals surface area (Å²) in [7, 11) is 0. The van der Waals surface area contributed by atoms with Crippen molar-refractivity contribution in [1.82, 2.24) is 5.32 Å². The SMILES string of the molecule is C=CCNCc1cc(N)cc(N)c1. The van der Waals surface area contributed by atoms with Crippen LogP contribution in [0.2, 0.25) is 0 Å². The van der Waals surface area contributed by atoms with Gasteiger partial charge in [-0.2, -0.15) is 0 Å². The largest absolute Gasteiger partial charge is 0.399 e. The second-order valence-electron chi connectivity index (χ2n) is 2.93. The van der Waals surface area contributed by atoms with Gasteiger partial charge in [-0.3, -0.25) is 0 Å². The maximum atomic E-state index is 5.64. The van der Waals surface area contributed by atoms with Gasteiger partial charge in [0.1, 0.15) is 0 Å². The van der Waals surface area contributed by atoms with Crippen molar-refractivity contribution in [2.45, 2.75) is 6.54 Å². The van der Waals surface area contributed by atoms with E-state index in [0.717, 1.165) is 18.7 Å². The molecule has 3 heteroatoms. The van der Waals surface area contributed by atoms with Gasteiger partial charge in [0.15, 0.2) is 0 Å². The van der Waals surface area contributed by atoms with Gasteiger partial charge in [0.2, 0.25) is 0 Å². The van der Waals surface area contributed by atoms with Gasteiger partial charge in [-0.1, -0.05) is 6.08 Å². The molecule has 1 rings (SSSR count). The molecule has 0 saturated carbocycles. The van der Waals surface area contributed by atoms with Crippen LogP contribution >= 0.6 is 0 Å².